The molecule has 0 bridgehead atoms. The number of carbonyl (C=O) groups excluding carboxylic acids is 1. The molecule has 5 nitrogen and oxygen atoms in total. The molecule has 2 amide bonds. The summed E-state index contributed by atoms with van der Waals surface area (Å²) in [7, 11) is 1.70. The van der Waals surface area contributed by atoms with Gasteiger partial charge in [0.2, 0.25) is 0 Å². The Morgan fingerprint density at radius 2 is 1.96 bits per heavy atom. The highest BCUT2D eigenvalue weighted by molar-refractivity contribution is 5.74. The van der Waals surface area contributed by atoms with Gasteiger partial charge < -0.3 is 15.3 Å². The van der Waals surface area contributed by atoms with Crippen molar-refractivity contribution >= 4 is 6.03 Å². The van der Waals surface area contributed by atoms with E-state index in [0.717, 1.165) is 29.5 Å². The Balaban J connectivity index is 1.56. The van der Waals surface area contributed by atoms with E-state index >= 15 is 0 Å². The Morgan fingerprint density at radius 3 is 2.62 bits per heavy atom. The molecule has 2 aromatic carbocycles. The molecule has 0 aliphatic heterocycles. The summed E-state index contributed by atoms with van der Waals surface area (Å²) < 4.78 is 0. The summed E-state index contributed by atoms with van der Waals surface area (Å²) in [4.78, 5) is 13.7. The van der Waals surface area contributed by atoms with Crippen LogP contribution in [0.1, 0.15) is 24.0 Å². The van der Waals surface area contributed by atoms with Crippen LogP contribution in [-0.4, -0.2) is 35.7 Å². The fourth-order valence-electron chi connectivity index (χ4n) is 2.94. The Morgan fingerprint density at radius 1 is 1.27 bits per heavy atom. The van der Waals surface area contributed by atoms with Crippen molar-refractivity contribution in [3.8, 4) is 17.2 Å². The van der Waals surface area contributed by atoms with Crippen LogP contribution in [0.25, 0.3) is 11.1 Å². The second-order valence-electron chi connectivity index (χ2n) is 6.80. The van der Waals surface area contributed by atoms with Crippen LogP contribution in [0.15, 0.2) is 48.5 Å². The molecule has 1 saturated carbocycles. The minimum absolute atomic E-state index is 0.191. The molecule has 2 N–H and O–H groups in total. The summed E-state index contributed by atoms with van der Waals surface area (Å²) in [5.74, 6) is 0.356. The first-order valence-corrected chi connectivity index (χ1v) is 8.84. The highest BCUT2D eigenvalue weighted by atomic mass is 16.3. The molecule has 1 aliphatic rings. The number of nitriles is 1. The molecular weight excluding hydrogens is 326 g/mol. The first-order valence-electron chi connectivity index (χ1n) is 8.84. The average molecular weight is 349 g/mol. The van der Waals surface area contributed by atoms with Crippen LogP contribution in [0.2, 0.25) is 0 Å². The van der Waals surface area contributed by atoms with Crippen molar-refractivity contribution in [1.82, 2.24) is 10.2 Å². The van der Waals surface area contributed by atoms with E-state index in [0.29, 0.717) is 24.6 Å². The lowest BCUT2D eigenvalue weighted by atomic mass is 9.99. The Hall–Kier alpha value is -2.84. The molecule has 1 aliphatic carbocycles. The van der Waals surface area contributed by atoms with Gasteiger partial charge >= 0.3 is 6.03 Å². The number of hydrogen-bond donors (Lipinski definition) is 2. The lowest BCUT2D eigenvalue weighted by Gasteiger charge is -2.21. The van der Waals surface area contributed by atoms with E-state index in [1.807, 2.05) is 42.5 Å². The number of aliphatic hydroxyl groups is 1. The number of nitrogens with one attached hydrogen (secondary N) is 1. The van der Waals surface area contributed by atoms with Crippen molar-refractivity contribution in [2.45, 2.75) is 25.5 Å². The van der Waals surface area contributed by atoms with Gasteiger partial charge in [-0.3, -0.25) is 0 Å². The van der Waals surface area contributed by atoms with Gasteiger partial charge in [0.1, 0.15) is 0 Å². The lowest BCUT2D eigenvalue weighted by Crippen LogP contribution is -2.41. The number of rotatable bonds is 6. The lowest BCUT2D eigenvalue weighted by molar-refractivity contribution is 0.113. The molecule has 0 aromatic heterocycles. The molecular formula is C21H23N3O2. The van der Waals surface area contributed by atoms with Crippen LogP contribution in [-0.2, 0) is 6.54 Å². The third kappa shape index (κ3) is 4.41. The molecule has 134 valence electrons. The molecule has 1 fully saturated rings. The maximum absolute atomic E-state index is 12.1. The third-order valence-electron chi connectivity index (χ3n) is 4.73. The smallest absolute Gasteiger partial charge is 0.317 e. The molecule has 1 unspecified atom stereocenters. The van der Waals surface area contributed by atoms with Gasteiger partial charge in [0.25, 0.3) is 0 Å². The van der Waals surface area contributed by atoms with Crippen molar-refractivity contribution in [1.29, 1.82) is 5.26 Å². The summed E-state index contributed by atoms with van der Waals surface area (Å²) in [5, 5.41) is 22.0. The molecule has 1 atom stereocenters. The summed E-state index contributed by atoms with van der Waals surface area (Å²) in [6.45, 7) is 0.781. The largest absolute Gasteiger partial charge is 0.391 e. The molecule has 2 aromatic rings. The molecule has 5 heteroatoms. The van der Waals surface area contributed by atoms with Crippen molar-refractivity contribution < 1.29 is 9.90 Å². The van der Waals surface area contributed by atoms with E-state index in [-0.39, 0.29) is 6.03 Å². The predicted octanol–water partition coefficient (Wildman–Crippen LogP) is 3.14. The number of hydrogen-bond acceptors (Lipinski definition) is 3. The van der Waals surface area contributed by atoms with Gasteiger partial charge in [-0.15, -0.1) is 0 Å². The Labute approximate surface area is 153 Å². The second kappa shape index (κ2) is 8.03. The normalized spacial score (nSPS) is 14.3. The number of likely N-dealkylation sites (N-methyl/N-ethyl adjacent to an activating group) is 1. The van der Waals surface area contributed by atoms with Crippen molar-refractivity contribution in [3.05, 3.63) is 59.7 Å². The van der Waals surface area contributed by atoms with Crippen LogP contribution >= 0.6 is 0 Å². The van der Waals surface area contributed by atoms with E-state index in [1.54, 1.807) is 13.1 Å². The zero-order valence-electron chi connectivity index (χ0n) is 14.9. The van der Waals surface area contributed by atoms with Gasteiger partial charge in [-0.2, -0.15) is 5.26 Å². The summed E-state index contributed by atoms with van der Waals surface area (Å²) in [6.07, 6.45) is 1.68. The summed E-state index contributed by atoms with van der Waals surface area (Å²) >= 11 is 0. The van der Waals surface area contributed by atoms with Gasteiger partial charge in [0.05, 0.1) is 17.7 Å². The molecule has 0 radical (unpaired) electrons. The minimum Gasteiger partial charge on any atom is -0.391 e. The molecule has 3 rings (SSSR count). The Kier molecular flexibility index (Phi) is 5.55. The fourth-order valence-corrected chi connectivity index (χ4v) is 2.94. The van der Waals surface area contributed by atoms with E-state index in [4.69, 9.17) is 0 Å². The first-order chi connectivity index (χ1) is 12.6. The number of amides is 2. The standard InChI is InChI=1S/C21H23N3O2/c1-24(14-20(25)17-10-11-17)21(26)23-13-15-6-8-16(9-7-15)19-5-3-2-4-18(19)12-22/h2-9,17,20,25H,10-11,13-14H2,1H3,(H,23,26). The van der Waals surface area contributed by atoms with Gasteiger partial charge in [0.15, 0.2) is 0 Å². The van der Waals surface area contributed by atoms with E-state index in [2.05, 4.69) is 11.4 Å². The number of benzene rings is 2. The van der Waals surface area contributed by atoms with Gasteiger partial charge in [-0.1, -0.05) is 42.5 Å². The molecule has 0 saturated heterocycles. The second-order valence-corrected chi connectivity index (χ2v) is 6.80. The highest BCUT2D eigenvalue weighted by Gasteiger charge is 2.31. The average Bonchev–Trinajstić information content (AvgIpc) is 3.51. The topological polar surface area (TPSA) is 76.4 Å². The SMILES string of the molecule is CN(CC(O)C1CC1)C(=O)NCc1ccc(-c2ccccc2C#N)cc1. The van der Waals surface area contributed by atoms with E-state index in [1.165, 1.54) is 4.90 Å². The van der Waals surface area contributed by atoms with E-state index < -0.39 is 6.10 Å². The first kappa shape index (κ1) is 18.0. The van der Waals surface area contributed by atoms with Crippen LogP contribution in [0.4, 0.5) is 4.79 Å². The van der Waals surface area contributed by atoms with Crippen LogP contribution < -0.4 is 5.32 Å². The number of nitrogens with zero attached hydrogens (tertiary/aromatic N) is 2. The van der Waals surface area contributed by atoms with E-state index in [9.17, 15) is 15.2 Å². The van der Waals surface area contributed by atoms with Crippen LogP contribution in [0.5, 0.6) is 0 Å². The molecule has 0 spiro atoms. The Bertz CT molecular complexity index is 807. The van der Waals surface area contributed by atoms with Crippen molar-refractivity contribution in [2.75, 3.05) is 13.6 Å². The fraction of sp³-hybridized carbons (Fsp3) is 0.333. The quantitative estimate of drug-likeness (QED) is 0.841. The molecule has 26 heavy (non-hydrogen) atoms. The van der Waals surface area contributed by atoms with Crippen LogP contribution in [0.3, 0.4) is 0 Å². The maximum atomic E-state index is 12.1. The zero-order chi connectivity index (χ0) is 18.5. The molecule has 0 heterocycles. The van der Waals surface area contributed by atoms with Gasteiger partial charge in [0, 0.05) is 20.1 Å². The monoisotopic (exact) mass is 349 g/mol. The number of aliphatic hydroxyl groups excluding tert-OH is 1. The minimum atomic E-state index is -0.426. The van der Waals surface area contributed by atoms with Gasteiger partial charge in [-0.25, -0.2) is 4.79 Å². The van der Waals surface area contributed by atoms with Crippen molar-refractivity contribution in [3.63, 3.8) is 0 Å². The summed E-state index contributed by atoms with van der Waals surface area (Å²) in [6, 6.07) is 17.3. The number of carbonyl (C=O) groups is 1. The maximum Gasteiger partial charge on any atom is 0.317 e. The zero-order valence-corrected chi connectivity index (χ0v) is 14.9. The number of urea groups is 1. The third-order valence-corrected chi connectivity index (χ3v) is 4.73. The summed E-state index contributed by atoms with van der Waals surface area (Å²) in [5.41, 5.74) is 3.50. The highest BCUT2D eigenvalue weighted by Crippen LogP contribution is 2.32. The van der Waals surface area contributed by atoms with Crippen LogP contribution in [0, 0.1) is 17.2 Å². The van der Waals surface area contributed by atoms with Gasteiger partial charge in [-0.05, 0) is 41.5 Å². The van der Waals surface area contributed by atoms with Crippen molar-refractivity contribution in [2.24, 2.45) is 5.92 Å². The predicted molar refractivity (Wildman–Crippen MR) is 100 cm³/mol.